The monoisotopic (exact) mass is 385 g/mol. The molecule has 0 atom stereocenters. The molecule has 0 aliphatic heterocycles. The van der Waals surface area contributed by atoms with Crippen LogP contribution in [0.4, 0.5) is 5.69 Å². The van der Waals surface area contributed by atoms with Gasteiger partial charge in [-0.05, 0) is 43.5 Å². The summed E-state index contributed by atoms with van der Waals surface area (Å²) in [5, 5.41) is 4.23. The van der Waals surface area contributed by atoms with Crippen molar-refractivity contribution in [1.82, 2.24) is 19.6 Å². The van der Waals surface area contributed by atoms with E-state index in [0.29, 0.717) is 25.2 Å². The number of amides is 1. The Bertz CT molecular complexity index is 1120. The molecule has 0 saturated carbocycles. The molecule has 6 nitrogen and oxygen atoms in total. The van der Waals surface area contributed by atoms with Crippen LogP contribution in [0.15, 0.2) is 67.0 Å². The van der Waals surface area contributed by atoms with Gasteiger partial charge in [-0.25, -0.2) is 9.50 Å². The third-order valence-electron chi connectivity index (χ3n) is 5.13. The zero-order valence-electron chi connectivity index (χ0n) is 16.6. The van der Waals surface area contributed by atoms with Gasteiger partial charge in [0.25, 0.3) is 5.78 Å². The lowest BCUT2D eigenvalue weighted by molar-refractivity contribution is -0.118. The molecule has 0 fully saturated rings. The number of nitrogens with zero attached hydrogens (tertiary/aromatic N) is 5. The van der Waals surface area contributed by atoms with Crippen molar-refractivity contribution in [1.29, 1.82) is 0 Å². The topological polar surface area (TPSA) is 63.4 Å². The highest BCUT2D eigenvalue weighted by molar-refractivity contribution is 5.93. The molecule has 6 heteroatoms. The summed E-state index contributed by atoms with van der Waals surface area (Å²) in [6, 6.07) is 19.9. The van der Waals surface area contributed by atoms with Crippen LogP contribution in [0.2, 0.25) is 0 Å². The fourth-order valence-electron chi connectivity index (χ4n) is 3.58. The fourth-order valence-corrected chi connectivity index (χ4v) is 3.58. The number of carbonyl (C=O) groups is 1. The van der Waals surface area contributed by atoms with Gasteiger partial charge in [-0.1, -0.05) is 48.5 Å². The molecule has 0 spiro atoms. The lowest BCUT2D eigenvalue weighted by Crippen LogP contribution is -2.30. The number of aryl methyl sites for hydroxylation is 2. The van der Waals surface area contributed by atoms with Crippen LogP contribution in [0.25, 0.3) is 5.78 Å². The summed E-state index contributed by atoms with van der Waals surface area (Å²) in [7, 11) is 0. The Morgan fingerprint density at radius 1 is 1.00 bits per heavy atom. The van der Waals surface area contributed by atoms with Gasteiger partial charge in [-0.15, -0.1) is 0 Å². The molecule has 146 valence electrons. The van der Waals surface area contributed by atoms with Crippen molar-refractivity contribution in [3.8, 4) is 0 Å². The summed E-state index contributed by atoms with van der Waals surface area (Å²) in [4.78, 5) is 23.7. The summed E-state index contributed by atoms with van der Waals surface area (Å²) in [6.07, 6.45) is 2.50. The fraction of sp³-hybridized carbons (Fsp3) is 0.217. The van der Waals surface area contributed by atoms with E-state index in [2.05, 4.69) is 15.1 Å². The first kappa shape index (κ1) is 18.8. The van der Waals surface area contributed by atoms with E-state index in [9.17, 15) is 4.79 Å². The molecule has 1 amide bonds. The summed E-state index contributed by atoms with van der Waals surface area (Å²) >= 11 is 0. The van der Waals surface area contributed by atoms with Crippen LogP contribution in [-0.2, 0) is 17.8 Å². The maximum atomic E-state index is 13.2. The molecule has 2 aromatic heterocycles. The minimum atomic E-state index is 0.0811. The van der Waals surface area contributed by atoms with Crippen LogP contribution in [0.3, 0.4) is 0 Å². The van der Waals surface area contributed by atoms with Crippen molar-refractivity contribution < 1.29 is 4.79 Å². The number of hydrogen-bond donors (Lipinski definition) is 0. The Hall–Kier alpha value is -3.54. The van der Waals surface area contributed by atoms with E-state index >= 15 is 0 Å². The van der Waals surface area contributed by atoms with E-state index in [1.807, 2.05) is 79.4 Å². The summed E-state index contributed by atoms with van der Waals surface area (Å²) in [6.45, 7) is 4.50. The van der Waals surface area contributed by atoms with Gasteiger partial charge in [0.05, 0.1) is 6.54 Å². The Morgan fingerprint density at radius 2 is 1.69 bits per heavy atom. The van der Waals surface area contributed by atoms with E-state index < -0.39 is 0 Å². The number of anilines is 1. The number of para-hydroxylation sites is 1. The molecule has 0 aliphatic carbocycles. The summed E-state index contributed by atoms with van der Waals surface area (Å²) in [5.41, 5.74) is 4.92. The third-order valence-corrected chi connectivity index (χ3v) is 5.13. The number of hydrogen-bond acceptors (Lipinski definition) is 4. The normalized spacial score (nSPS) is 11.0. The molecule has 0 radical (unpaired) electrons. The lowest BCUT2D eigenvalue weighted by atomic mass is 10.1. The molecule has 0 N–H and O–H groups in total. The van der Waals surface area contributed by atoms with E-state index in [4.69, 9.17) is 0 Å². The Balaban J connectivity index is 1.57. The molecule has 4 aromatic rings. The van der Waals surface area contributed by atoms with Crippen molar-refractivity contribution in [2.24, 2.45) is 0 Å². The van der Waals surface area contributed by atoms with Gasteiger partial charge in [-0.3, -0.25) is 4.79 Å². The van der Waals surface area contributed by atoms with Gasteiger partial charge < -0.3 is 4.90 Å². The number of rotatable bonds is 6. The average Bonchev–Trinajstić information content (AvgIpc) is 3.21. The van der Waals surface area contributed by atoms with Gasteiger partial charge in [0.15, 0.2) is 0 Å². The Kier molecular flexibility index (Phi) is 5.33. The van der Waals surface area contributed by atoms with Gasteiger partial charge in [0, 0.05) is 23.5 Å². The highest BCUT2D eigenvalue weighted by Gasteiger charge is 2.18. The van der Waals surface area contributed by atoms with Gasteiger partial charge in [0.1, 0.15) is 6.33 Å². The molecule has 2 aromatic carbocycles. The molecule has 2 heterocycles. The first-order valence-corrected chi connectivity index (χ1v) is 9.68. The van der Waals surface area contributed by atoms with Crippen LogP contribution < -0.4 is 4.90 Å². The van der Waals surface area contributed by atoms with Crippen LogP contribution in [-0.4, -0.2) is 25.5 Å². The highest BCUT2D eigenvalue weighted by Crippen LogP contribution is 2.20. The van der Waals surface area contributed by atoms with Crippen LogP contribution in [0.1, 0.15) is 28.9 Å². The predicted molar refractivity (Wildman–Crippen MR) is 113 cm³/mol. The van der Waals surface area contributed by atoms with Gasteiger partial charge in [0.2, 0.25) is 5.91 Å². The zero-order chi connectivity index (χ0) is 20.2. The SMILES string of the molecule is Cc1nc2ncnn2c(C)c1CCC(=O)N(Cc1ccccc1)c1ccccc1. The van der Waals surface area contributed by atoms with Crippen LogP contribution >= 0.6 is 0 Å². The lowest BCUT2D eigenvalue weighted by Gasteiger charge is -2.23. The minimum absolute atomic E-state index is 0.0811. The molecular weight excluding hydrogens is 362 g/mol. The first-order chi connectivity index (χ1) is 14.1. The second-order valence-corrected chi connectivity index (χ2v) is 7.03. The van der Waals surface area contributed by atoms with E-state index in [1.54, 1.807) is 4.52 Å². The third kappa shape index (κ3) is 4.01. The van der Waals surface area contributed by atoms with Crippen molar-refractivity contribution in [2.75, 3.05) is 4.90 Å². The quantitative estimate of drug-likeness (QED) is 0.505. The van der Waals surface area contributed by atoms with E-state index in [-0.39, 0.29) is 5.91 Å². The second kappa shape index (κ2) is 8.22. The van der Waals surface area contributed by atoms with E-state index in [1.165, 1.54) is 6.33 Å². The molecule has 0 saturated heterocycles. The molecule has 4 rings (SSSR count). The van der Waals surface area contributed by atoms with Gasteiger partial charge >= 0.3 is 0 Å². The smallest absolute Gasteiger partial charge is 0.252 e. The van der Waals surface area contributed by atoms with Crippen molar-refractivity contribution in [2.45, 2.75) is 33.2 Å². The molecule has 0 unspecified atom stereocenters. The number of benzene rings is 2. The predicted octanol–water partition coefficient (Wildman–Crippen LogP) is 3.91. The van der Waals surface area contributed by atoms with Crippen molar-refractivity contribution in [3.05, 3.63) is 89.5 Å². The van der Waals surface area contributed by atoms with Crippen molar-refractivity contribution >= 4 is 17.4 Å². The second-order valence-electron chi connectivity index (χ2n) is 7.03. The van der Waals surface area contributed by atoms with Gasteiger partial charge in [-0.2, -0.15) is 10.1 Å². The highest BCUT2D eigenvalue weighted by atomic mass is 16.2. The number of fused-ring (bicyclic) bond motifs is 1. The Labute approximate surface area is 169 Å². The largest absolute Gasteiger partial charge is 0.308 e. The van der Waals surface area contributed by atoms with E-state index in [0.717, 1.165) is 28.2 Å². The Morgan fingerprint density at radius 3 is 2.41 bits per heavy atom. The van der Waals surface area contributed by atoms with Crippen LogP contribution in [0, 0.1) is 13.8 Å². The maximum Gasteiger partial charge on any atom is 0.252 e. The summed E-state index contributed by atoms with van der Waals surface area (Å²) < 4.78 is 1.73. The molecule has 0 aliphatic rings. The molecular formula is C23H23N5O. The zero-order valence-corrected chi connectivity index (χ0v) is 16.6. The molecule has 29 heavy (non-hydrogen) atoms. The maximum absolute atomic E-state index is 13.2. The summed E-state index contributed by atoms with van der Waals surface area (Å²) in [5.74, 6) is 0.669. The number of carbonyl (C=O) groups excluding carboxylic acids is 1. The average molecular weight is 385 g/mol. The minimum Gasteiger partial charge on any atom is -0.308 e. The molecule has 0 bridgehead atoms. The number of aromatic nitrogens is 4. The standard InChI is InChI=1S/C23H23N5O/c1-17-21(18(2)28-23(26-17)24-16-25-28)13-14-22(29)27(20-11-7-4-8-12-20)15-19-9-5-3-6-10-19/h3-12,16H,13-15H2,1-2H3. The first-order valence-electron chi connectivity index (χ1n) is 9.68. The van der Waals surface area contributed by atoms with Crippen LogP contribution in [0.5, 0.6) is 0 Å². The van der Waals surface area contributed by atoms with Crippen molar-refractivity contribution in [3.63, 3.8) is 0 Å².